The lowest BCUT2D eigenvalue weighted by Gasteiger charge is -2.42. The fourth-order valence-corrected chi connectivity index (χ4v) is 2.98. The minimum Gasteiger partial charge on any atom is -0.378 e. The Balaban J connectivity index is 1.82. The Hall–Kier alpha value is -2.64. The van der Waals surface area contributed by atoms with Crippen LogP contribution in [-0.2, 0) is 11.3 Å². The van der Waals surface area contributed by atoms with Gasteiger partial charge in [0, 0.05) is 24.8 Å². The molecule has 1 saturated heterocycles. The van der Waals surface area contributed by atoms with Crippen LogP contribution >= 0.6 is 0 Å². The maximum Gasteiger partial charge on any atom is 0.258 e. The zero-order valence-electron chi connectivity index (χ0n) is 14.9. The van der Waals surface area contributed by atoms with Gasteiger partial charge in [-0.2, -0.15) is 0 Å². The van der Waals surface area contributed by atoms with E-state index >= 15 is 0 Å². The Morgan fingerprint density at radius 2 is 2.23 bits per heavy atom. The summed E-state index contributed by atoms with van der Waals surface area (Å²) in [5.74, 6) is -0.379. The third-order valence-electron chi connectivity index (χ3n) is 4.51. The molecule has 2 heterocycles. The van der Waals surface area contributed by atoms with Crippen LogP contribution in [0.1, 0.15) is 29.8 Å². The molecule has 0 saturated carbocycles. The monoisotopic (exact) mass is 354 g/mol. The highest BCUT2D eigenvalue weighted by Gasteiger charge is 2.30. The maximum atomic E-state index is 12.6. The fraction of sp³-hybridized carbons (Fsp3) is 0.368. The standard InChI is InChI=1S/C19H22N4O3/c1-19(2)13-26-9-8-23(19)12-14-5-6-17(22-25)16(10-14)18(24)21-15-4-3-7-20-11-15/h3-7,10-11H,8-9,12-13H2,1-2H3,(H,21,24). The summed E-state index contributed by atoms with van der Waals surface area (Å²) >= 11 is 0. The lowest BCUT2D eigenvalue weighted by molar-refractivity contribution is -0.0552. The van der Waals surface area contributed by atoms with E-state index in [1.807, 2.05) is 6.07 Å². The molecule has 1 aliphatic rings. The molecule has 0 radical (unpaired) electrons. The number of hydrogen-bond donors (Lipinski definition) is 1. The molecule has 0 aliphatic carbocycles. The number of anilines is 1. The summed E-state index contributed by atoms with van der Waals surface area (Å²) in [6, 6.07) is 8.62. The van der Waals surface area contributed by atoms with Gasteiger partial charge >= 0.3 is 0 Å². The Morgan fingerprint density at radius 3 is 2.92 bits per heavy atom. The van der Waals surface area contributed by atoms with Crippen LogP contribution in [0.3, 0.4) is 0 Å². The first kappa shape index (κ1) is 18.2. The molecule has 7 nitrogen and oxygen atoms in total. The Labute approximate surface area is 152 Å². The molecule has 0 bridgehead atoms. The van der Waals surface area contributed by atoms with E-state index in [0.717, 1.165) is 12.1 Å². The molecule has 0 atom stereocenters. The quantitative estimate of drug-likeness (QED) is 0.833. The number of nitrogens with one attached hydrogen (secondary N) is 1. The smallest absolute Gasteiger partial charge is 0.258 e. The van der Waals surface area contributed by atoms with Crippen molar-refractivity contribution in [2.24, 2.45) is 5.18 Å². The number of rotatable bonds is 5. The highest BCUT2D eigenvalue weighted by atomic mass is 16.5. The second-order valence-electron chi connectivity index (χ2n) is 6.93. The molecule has 1 amide bonds. The number of amides is 1. The number of carbonyl (C=O) groups is 1. The molecule has 3 rings (SSSR count). The number of carbonyl (C=O) groups excluding carboxylic acids is 1. The highest BCUT2D eigenvalue weighted by molar-refractivity contribution is 6.07. The predicted octanol–water partition coefficient (Wildman–Crippen LogP) is 3.34. The molecule has 0 spiro atoms. The van der Waals surface area contributed by atoms with E-state index in [2.05, 4.69) is 34.2 Å². The van der Waals surface area contributed by atoms with Crippen molar-refractivity contribution < 1.29 is 9.53 Å². The molecular weight excluding hydrogens is 332 g/mol. The van der Waals surface area contributed by atoms with Crippen molar-refractivity contribution in [1.29, 1.82) is 0 Å². The Bertz CT molecular complexity index is 793. The van der Waals surface area contributed by atoms with E-state index in [0.29, 0.717) is 25.4 Å². The van der Waals surface area contributed by atoms with E-state index in [4.69, 9.17) is 4.74 Å². The van der Waals surface area contributed by atoms with Gasteiger partial charge in [0.05, 0.1) is 30.7 Å². The summed E-state index contributed by atoms with van der Waals surface area (Å²) < 4.78 is 5.55. The normalized spacial score (nSPS) is 16.8. The van der Waals surface area contributed by atoms with E-state index in [1.165, 1.54) is 0 Å². The Kier molecular flexibility index (Phi) is 5.39. The largest absolute Gasteiger partial charge is 0.378 e. The molecule has 1 N–H and O–H groups in total. The number of aromatic nitrogens is 1. The molecule has 7 heteroatoms. The van der Waals surface area contributed by atoms with Crippen LogP contribution in [0.2, 0.25) is 0 Å². The van der Waals surface area contributed by atoms with Crippen LogP contribution in [0.4, 0.5) is 11.4 Å². The first-order valence-electron chi connectivity index (χ1n) is 8.50. The number of nitroso groups, excluding NO2 is 1. The summed E-state index contributed by atoms with van der Waals surface area (Å²) in [6.07, 6.45) is 3.17. The number of hydrogen-bond acceptors (Lipinski definition) is 6. The van der Waals surface area contributed by atoms with Crippen LogP contribution in [0.15, 0.2) is 47.9 Å². The lowest BCUT2D eigenvalue weighted by Crippen LogP contribution is -2.52. The lowest BCUT2D eigenvalue weighted by atomic mass is 10.0. The SMILES string of the molecule is CC1(C)COCCN1Cc1ccc(N=O)c(C(=O)Nc2cccnc2)c1. The number of pyridine rings is 1. The average Bonchev–Trinajstić information content (AvgIpc) is 2.64. The average molecular weight is 354 g/mol. The van der Waals surface area contributed by atoms with E-state index < -0.39 is 0 Å². The summed E-state index contributed by atoms with van der Waals surface area (Å²) in [5.41, 5.74) is 1.80. The van der Waals surface area contributed by atoms with Gasteiger partial charge in [-0.15, -0.1) is 4.91 Å². The molecular formula is C19H22N4O3. The molecule has 0 unspecified atom stereocenters. The minimum absolute atomic E-state index is 0.0854. The van der Waals surface area contributed by atoms with Crippen LogP contribution in [-0.4, -0.2) is 41.1 Å². The molecule has 1 fully saturated rings. The Morgan fingerprint density at radius 1 is 1.38 bits per heavy atom. The number of ether oxygens (including phenoxy) is 1. The van der Waals surface area contributed by atoms with Gasteiger partial charge in [0.25, 0.3) is 5.91 Å². The first-order valence-corrected chi connectivity index (χ1v) is 8.50. The number of morpholine rings is 1. The number of nitrogens with zero attached hydrogens (tertiary/aromatic N) is 3. The summed E-state index contributed by atoms with van der Waals surface area (Å²) in [4.78, 5) is 30.0. The van der Waals surface area contributed by atoms with Crippen molar-refractivity contribution in [2.75, 3.05) is 25.1 Å². The van der Waals surface area contributed by atoms with E-state index in [-0.39, 0.29) is 22.7 Å². The molecule has 1 aliphatic heterocycles. The fourth-order valence-electron chi connectivity index (χ4n) is 2.98. The van der Waals surface area contributed by atoms with Gasteiger partial charge in [0.15, 0.2) is 0 Å². The van der Waals surface area contributed by atoms with Crippen molar-refractivity contribution in [3.8, 4) is 0 Å². The zero-order valence-corrected chi connectivity index (χ0v) is 14.9. The molecule has 136 valence electrons. The van der Waals surface area contributed by atoms with Gasteiger partial charge in [0.2, 0.25) is 0 Å². The highest BCUT2D eigenvalue weighted by Crippen LogP contribution is 2.26. The van der Waals surface area contributed by atoms with Crippen molar-refractivity contribution in [3.63, 3.8) is 0 Å². The van der Waals surface area contributed by atoms with Gasteiger partial charge in [0.1, 0.15) is 5.69 Å². The third kappa shape index (κ3) is 4.12. The van der Waals surface area contributed by atoms with Gasteiger partial charge in [-0.05, 0) is 48.9 Å². The van der Waals surface area contributed by atoms with E-state index in [1.54, 1.807) is 36.7 Å². The van der Waals surface area contributed by atoms with Crippen molar-refractivity contribution in [3.05, 3.63) is 58.8 Å². The zero-order chi connectivity index (χ0) is 18.6. The van der Waals surface area contributed by atoms with Gasteiger partial charge < -0.3 is 10.1 Å². The van der Waals surface area contributed by atoms with Gasteiger partial charge in [-0.25, -0.2) is 0 Å². The maximum absolute atomic E-state index is 12.6. The van der Waals surface area contributed by atoms with Crippen LogP contribution < -0.4 is 5.32 Å². The van der Waals surface area contributed by atoms with Crippen molar-refractivity contribution in [1.82, 2.24) is 9.88 Å². The summed E-state index contributed by atoms with van der Waals surface area (Å²) in [6.45, 7) is 7.09. The molecule has 26 heavy (non-hydrogen) atoms. The third-order valence-corrected chi connectivity index (χ3v) is 4.51. The summed E-state index contributed by atoms with van der Waals surface area (Å²) in [7, 11) is 0. The first-order chi connectivity index (χ1) is 12.5. The molecule has 1 aromatic heterocycles. The van der Waals surface area contributed by atoms with Gasteiger partial charge in [-0.1, -0.05) is 6.07 Å². The number of benzene rings is 1. The van der Waals surface area contributed by atoms with E-state index in [9.17, 15) is 9.70 Å². The topological polar surface area (TPSA) is 83.9 Å². The van der Waals surface area contributed by atoms with Crippen LogP contribution in [0.25, 0.3) is 0 Å². The van der Waals surface area contributed by atoms with Crippen LogP contribution in [0, 0.1) is 4.91 Å². The van der Waals surface area contributed by atoms with Crippen molar-refractivity contribution >= 4 is 17.3 Å². The minimum atomic E-state index is -0.379. The van der Waals surface area contributed by atoms with Gasteiger partial charge in [-0.3, -0.25) is 14.7 Å². The summed E-state index contributed by atoms with van der Waals surface area (Å²) in [5, 5.41) is 5.74. The molecule has 1 aromatic carbocycles. The van der Waals surface area contributed by atoms with Crippen molar-refractivity contribution in [2.45, 2.75) is 25.9 Å². The molecule has 2 aromatic rings. The second-order valence-corrected chi connectivity index (χ2v) is 6.93. The van der Waals surface area contributed by atoms with Crippen LogP contribution in [0.5, 0.6) is 0 Å². The second kappa shape index (κ2) is 7.72. The predicted molar refractivity (Wildman–Crippen MR) is 99.4 cm³/mol.